The molecule has 4 amide bonds. The van der Waals surface area contributed by atoms with Gasteiger partial charge < -0.3 is 9.84 Å². The Labute approximate surface area is 351 Å². The van der Waals surface area contributed by atoms with Gasteiger partial charge in [-0.25, -0.2) is 9.80 Å². The summed E-state index contributed by atoms with van der Waals surface area (Å²) >= 11 is 7.73. The number of nitrogens with zero attached hydrogens (tertiary/aromatic N) is 4. The molecule has 2 aliphatic heterocycles. The first-order valence-corrected chi connectivity index (χ1v) is 20.2. The van der Waals surface area contributed by atoms with Gasteiger partial charge in [0.15, 0.2) is 0 Å². The van der Waals surface area contributed by atoms with Gasteiger partial charge in [0.05, 0.1) is 52.0 Å². The van der Waals surface area contributed by atoms with E-state index in [1.165, 1.54) is 35.3 Å². The number of fused-ring (bicyclic) bond motifs is 5. The van der Waals surface area contributed by atoms with Gasteiger partial charge in [0.25, 0.3) is 0 Å². The van der Waals surface area contributed by atoms with Crippen molar-refractivity contribution in [2.24, 2.45) is 36.1 Å². The number of hydrogen-bond acceptors (Lipinski definition) is 8. The van der Waals surface area contributed by atoms with Crippen molar-refractivity contribution in [2.75, 3.05) is 16.9 Å². The lowest BCUT2D eigenvalue weighted by molar-refractivity contribution is -0.143. The van der Waals surface area contributed by atoms with E-state index in [1.54, 1.807) is 38.2 Å². The van der Waals surface area contributed by atoms with Crippen LogP contribution in [0.4, 0.5) is 37.8 Å². The minimum absolute atomic E-state index is 0.0888. The molecule has 0 radical (unpaired) electrons. The summed E-state index contributed by atoms with van der Waals surface area (Å²) in [5.74, 6) is -8.98. The molecule has 1 saturated carbocycles. The SMILES string of the molecule is COc1ccc(C2C3=CCC4C(=O)N(c5cc(C(F)(F)F)cc(C(F)(F)F)c5)C(=O)C4C3CC3C(=O)N(c4cc(-c5sc6ccc(Cl)cc6c5C)nn4C)C(=O)C32C)c(O)c1. The third kappa shape index (κ3) is 6.01. The number of aryl methyl sites for hydroxylation is 2. The Morgan fingerprint density at radius 2 is 1.57 bits per heavy atom. The zero-order valence-corrected chi connectivity index (χ0v) is 34.1. The first-order chi connectivity index (χ1) is 28.6. The van der Waals surface area contributed by atoms with Crippen molar-refractivity contribution in [3.05, 3.63) is 99.6 Å². The molecule has 9 rings (SSSR count). The largest absolute Gasteiger partial charge is 0.508 e. The number of phenolic OH excluding ortho intramolecular Hbond substituents is 1. The van der Waals surface area contributed by atoms with Gasteiger partial charge in [-0.15, -0.1) is 11.3 Å². The summed E-state index contributed by atoms with van der Waals surface area (Å²) in [6.45, 7) is 3.51. The first kappa shape index (κ1) is 40.7. The van der Waals surface area contributed by atoms with E-state index in [0.29, 0.717) is 33.3 Å². The first-order valence-electron chi connectivity index (χ1n) is 19.0. The van der Waals surface area contributed by atoms with Gasteiger partial charge in [-0.05, 0) is 86.0 Å². The molecule has 4 heterocycles. The number of hydrogen-bond donors (Lipinski definition) is 1. The smallest absolute Gasteiger partial charge is 0.416 e. The average Bonchev–Trinajstić information content (AvgIpc) is 3.87. The Hall–Kier alpha value is -5.68. The fraction of sp³-hybridized carbons (Fsp3) is 0.326. The van der Waals surface area contributed by atoms with Crippen molar-refractivity contribution < 1.29 is 55.4 Å². The number of anilines is 2. The van der Waals surface area contributed by atoms with Crippen LogP contribution in [-0.2, 0) is 38.6 Å². The number of rotatable bonds is 5. The zero-order chi connectivity index (χ0) is 43.8. The Balaban J connectivity index is 1.15. The second-order valence-corrected chi connectivity index (χ2v) is 17.6. The van der Waals surface area contributed by atoms with Crippen LogP contribution in [0.15, 0.2) is 72.3 Å². The summed E-state index contributed by atoms with van der Waals surface area (Å²) in [4.78, 5) is 60.7. The summed E-state index contributed by atoms with van der Waals surface area (Å²) < 4.78 is 91.2. The van der Waals surface area contributed by atoms with E-state index in [9.17, 15) is 45.8 Å². The Morgan fingerprint density at radius 3 is 2.21 bits per heavy atom. The molecule has 6 atom stereocenters. The highest BCUT2D eigenvalue weighted by molar-refractivity contribution is 7.22. The highest BCUT2D eigenvalue weighted by Crippen LogP contribution is 2.65. The van der Waals surface area contributed by atoms with Crippen molar-refractivity contribution in [3.63, 3.8) is 0 Å². The Bertz CT molecular complexity index is 2760. The molecule has 18 heteroatoms. The predicted octanol–water partition coefficient (Wildman–Crippen LogP) is 9.45. The van der Waals surface area contributed by atoms with Crippen LogP contribution < -0.4 is 14.5 Å². The van der Waals surface area contributed by atoms with E-state index in [-0.39, 0.29) is 41.8 Å². The van der Waals surface area contributed by atoms with Crippen LogP contribution in [0.5, 0.6) is 11.5 Å². The molecule has 5 aromatic rings. The average molecular weight is 883 g/mol. The van der Waals surface area contributed by atoms with Crippen LogP contribution in [0.1, 0.15) is 47.9 Å². The molecule has 2 aliphatic carbocycles. The van der Waals surface area contributed by atoms with Crippen LogP contribution in [-0.4, -0.2) is 45.6 Å². The quantitative estimate of drug-likeness (QED) is 0.106. The van der Waals surface area contributed by atoms with Gasteiger partial charge in [-0.3, -0.25) is 23.9 Å². The summed E-state index contributed by atoms with van der Waals surface area (Å²) in [7, 11) is 2.97. The number of benzene rings is 3. The third-order valence-corrected chi connectivity index (χ3v) is 14.4. The molecule has 6 unspecified atom stereocenters. The fourth-order valence-corrected chi connectivity index (χ4v) is 11.3. The third-order valence-electron chi connectivity index (χ3n) is 12.9. The highest BCUT2D eigenvalue weighted by Gasteiger charge is 2.68. The number of aromatic hydroxyl groups is 1. The van der Waals surface area contributed by atoms with E-state index in [0.717, 1.165) is 25.4 Å². The molecule has 2 saturated heterocycles. The number of carbonyl (C=O) groups is 4. The maximum Gasteiger partial charge on any atom is 0.416 e. The van der Waals surface area contributed by atoms with E-state index in [1.807, 2.05) is 19.1 Å². The second kappa shape index (κ2) is 13.7. The van der Waals surface area contributed by atoms with Crippen molar-refractivity contribution in [1.82, 2.24) is 9.78 Å². The summed E-state index contributed by atoms with van der Waals surface area (Å²) in [5.41, 5.74) is -3.89. The minimum atomic E-state index is -5.24. The lowest BCUT2D eigenvalue weighted by Crippen LogP contribution is -2.49. The van der Waals surface area contributed by atoms with Gasteiger partial charge >= 0.3 is 12.4 Å². The number of halogens is 7. The molecule has 61 heavy (non-hydrogen) atoms. The predicted molar refractivity (Wildman–Crippen MR) is 212 cm³/mol. The number of phenols is 1. The fourth-order valence-electron chi connectivity index (χ4n) is 10.0. The van der Waals surface area contributed by atoms with Crippen LogP contribution >= 0.6 is 22.9 Å². The number of methoxy groups -OCH3 is 1. The molecular formula is C43H33ClF6N4O6S. The second-order valence-electron chi connectivity index (χ2n) is 16.1. The number of thiophene rings is 1. The number of aromatic nitrogens is 2. The number of amides is 4. The molecule has 0 spiro atoms. The molecule has 4 aliphatic rings. The number of carbonyl (C=O) groups excluding carboxylic acids is 4. The van der Waals surface area contributed by atoms with E-state index in [2.05, 4.69) is 0 Å². The minimum Gasteiger partial charge on any atom is -0.508 e. The number of allylic oxidation sites excluding steroid dienone is 2. The lowest BCUT2D eigenvalue weighted by Gasteiger charge is -2.49. The van der Waals surface area contributed by atoms with Crippen molar-refractivity contribution in [1.29, 1.82) is 0 Å². The van der Waals surface area contributed by atoms with Crippen molar-refractivity contribution in [3.8, 4) is 22.1 Å². The van der Waals surface area contributed by atoms with Gasteiger partial charge in [0, 0.05) is 40.4 Å². The molecule has 2 aromatic heterocycles. The zero-order valence-electron chi connectivity index (χ0n) is 32.5. The monoisotopic (exact) mass is 882 g/mol. The normalized spacial score (nSPS) is 25.3. The summed E-state index contributed by atoms with van der Waals surface area (Å²) in [6.07, 6.45) is -9.18. The van der Waals surface area contributed by atoms with Crippen LogP contribution in [0.2, 0.25) is 5.02 Å². The van der Waals surface area contributed by atoms with Crippen LogP contribution in [0.3, 0.4) is 0 Å². The molecule has 316 valence electrons. The van der Waals surface area contributed by atoms with Gasteiger partial charge in [0.2, 0.25) is 23.6 Å². The summed E-state index contributed by atoms with van der Waals surface area (Å²) in [5, 5.41) is 17.7. The highest BCUT2D eigenvalue weighted by atomic mass is 35.5. The Morgan fingerprint density at radius 1 is 0.885 bits per heavy atom. The number of ether oxygens (including phenoxy) is 1. The molecule has 1 N–H and O–H groups in total. The number of alkyl halides is 6. The summed E-state index contributed by atoms with van der Waals surface area (Å²) in [6, 6.07) is 12.1. The van der Waals surface area contributed by atoms with Crippen LogP contribution in [0, 0.1) is 36.0 Å². The van der Waals surface area contributed by atoms with Gasteiger partial charge in [-0.2, -0.15) is 31.4 Å². The maximum absolute atomic E-state index is 15.1. The van der Waals surface area contributed by atoms with E-state index >= 15 is 4.79 Å². The van der Waals surface area contributed by atoms with Gasteiger partial charge in [-0.1, -0.05) is 29.3 Å². The van der Waals surface area contributed by atoms with Crippen molar-refractivity contribution in [2.45, 2.75) is 45.0 Å². The molecule has 3 aromatic carbocycles. The standard InChI is InChI=1S/C43H33ClF6N4O6S/c1-18-27-14-21(44)5-10-32(27)61-36(18)30-17-33(52(3)51-30)54-38(57)29-16-28-24(35(41(29,2)40(54)59)25-7-6-23(60-4)15-31(25)55)8-9-26-34(28)39(58)53(37(26)56)22-12-19(42(45,46)47)11-20(13-22)43(48,49)50/h5-8,10-15,17,26,28-29,34-35,55H,9,16H2,1-4H3. The van der Waals surface area contributed by atoms with Gasteiger partial charge in [0.1, 0.15) is 23.0 Å². The lowest BCUT2D eigenvalue weighted by atomic mass is 9.51. The number of imide groups is 2. The molecular weight excluding hydrogens is 850 g/mol. The van der Waals surface area contributed by atoms with E-state index < -0.39 is 87.8 Å². The Kier molecular flexibility index (Phi) is 9.12. The molecule has 3 fully saturated rings. The molecule has 10 nitrogen and oxygen atoms in total. The topological polar surface area (TPSA) is 122 Å². The van der Waals surface area contributed by atoms with Crippen molar-refractivity contribution >= 4 is 68.2 Å². The van der Waals surface area contributed by atoms with Crippen LogP contribution in [0.25, 0.3) is 20.7 Å². The van der Waals surface area contributed by atoms with E-state index in [4.69, 9.17) is 21.4 Å². The molecule has 0 bridgehead atoms. The maximum atomic E-state index is 15.1.